The number of para-hydroxylation sites is 1. The van der Waals surface area contributed by atoms with E-state index in [1.54, 1.807) is 18.2 Å². The second-order valence-corrected chi connectivity index (χ2v) is 7.89. The first-order chi connectivity index (χ1) is 14.5. The zero-order valence-electron chi connectivity index (χ0n) is 16.1. The van der Waals surface area contributed by atoms with Crippen molar-refractivity contribution in [3.8, 4) is 5.75 Å². The van der Waals surface area contributed by atoms with Crippen LogP contribution in [0.25, 0.3) is 11.1 Å². The summed E-state index contributed by atoms with van der Waals surface area (Å²) >= 11 is 12.3. The van der Waals surface area contributed by atoms with Crippen molar-refractivity contribution in [1.82, 2.24) is 4.98 Å². The van der Waals surface area contributed by atoms with Crippen LogP contribution in [0, 0.1) is 0 Å². The smallest absolute Gasteiger partial charge is 0.354 e. The molecule has 1 aliphatic rings. The van der Waals surface area contributed by atoms with Gasteiger partial charge in [0.05, 0.1) is 5.69 Å². The minimum atomic E-state index is -1.03. The Morgan fingerprint density at radius 3 is 2.60 bits per heavy atom. The lowest BCUT2D eigenvalue weighted by Gasteiger charge is -2.15. The normalized spacial score (nSPS) is 13.5. The maximum atomic E-state index is 11.3. The van der Waals surface area contributed by atoms with Crippen LogP contribution < -0.4 is 4.74 Å². The van der Waals surface area contributed by atoms with E-state index in [1.165, 1.54) is 6.07 Å². The highest BCUT2D eigenvalue weighted by Gasteiger charge is 2.22. The van der Waals surface area contributed by atoms with Gasteiger partial charge < -0.3 is 9.84 Å². The van der Waals surface area contributed by atoms with Gasteiger partial charge in [0.1, 0.15) is 18.1 Å². The largest absolute Gasteiger partial charge is 0.488 e. The lowest BCUT2D eigenvalue weighted by molar-refractivity contribution is 0.0690. The van der Waals surface area contributed by atoms with Gasteiger partial charge in [-0.05, 0) is 60.7 Å². The zero-order chi connectivity index (χ0) is 21.1. The SMILES string of the molecule is O=C(O)c1cccc(C2=C(c3ccccc3OCc3ccc(Cl)cc3Cl)CCC2)n1. The molecule has 6 heteroatoms. The van der Waals surface area contributed by atoms with Crippen molar-refractivity contribution in [1.29, 1.82) is 0 Å². The van der Waals surface area contributed by atoms with E-state index in [0.29, 0.717) is 22.3 Å². The first kappa shape index (κ1) is 20.5. The molecule has 0 fully saturated rings. The van der Waals surface area contributed by atoms with Crippen molar-refractivity contribution >= 4 is 40.3 Å². The van der Waals surface area contributed by atoms with E-state index in [9.17, 15) is 9.90 Å². The number of benzene rings is 2. The lowest BCUT2D eigenvalue weighted by Crippen LogP contribution is -2.02. The van der Waals surface area contributed by atoms with Crippen LogP contribution in [-0.4, -0.2) is 16.1 Å². The van der Waals surface area contributed by atoms with Gasteiger partial charge in [-0.15, -0.1) is 0 Å². The van der Waals surface area contributed by atoms with E-state index in [4.69, 9.17) is 27.9 Å². The maximum absolute atomic E-state index is 11.3. The number of halogens is 2. The average molecular weight is 440 g/mol. The number of carboxylic acids is 1. The van der Waals surface area contributed by atoms with Crippen molar-refractivity contribution in [3.63, 3.8) is 0 Å². The standard InChI is InChI=1S/C24H19Cl2NO3/c25-16-12-11-15(20(26)13-16)14-30-23-10-2-1-5-19(23)17-6-3-7-18(17)21-8-4-9-22(27-21)24(28)29/h1-2,4-5,8-13H,3,6-7,14H2,(H,28,29). The molecule has 0 aliphatic heterocycles. The average Bonchev–Trinajstić information content (AvgIpc) is 3.23. The van der Waals surface area contributed by atoms with Gasteiger partial charge in [-0.1, -0.05) is 53.5 Å². The topological polar surface area (TPSA) is 59.4 Å². The molecule has 4 nitrogen and oxygen atoms in total. The quantitative estimate of drug-likeness (QED) is 0.460. The molecule has 1 heterocycles. The predicted octanol–water partition coefficient (Wildman–Crippen LogP) is 6.76. The molecule has 0 amide bonds. The van der Waals surface area contributed by atoms with Crippen LogP contribution in [-0.2, 0) is 6.61 Å². The summed E-state index contributed by atoms with van der Waals surface area (Å²) in [5.41, 5.74) is 4.82. The molecule has 0 radical (unpaired) electrons. The van der Waals surface area contributed by atoms with Gasteiger partial charge in [0.2, 0.25) is 0 Å². The molecular formula is C24H19Cl2NO3. The number of ether oxygens (including phenoxy) is 1. The van der Waals surface area contributed by atoms with Crippen LogP contribution in [0.5, 0.6) is 5.75 Å². The van der Waals surface area contributed by atoms with Crippen molar-refractivity contribution < 1.29 is 14.6 Å². The lowest BCUT2D eigenvalue weighted by atomic mass is 9.99. The molecule has 1 N–H and O–H groups in total. The van der Waals surface area contributed by atoms with Gasteiger partial charge in [-0.2, -0.15) is 0 Å². The number of allylic oxidation sites excluding steroid dienone is 2. The number of carbonyl (C=O) groups is 1. The summed E-state index contributed by atoms with van der Waals surface area (Å²) in [6.45, 7) is 0.322. The van der Waals surface area contributed by atoms with Gasteiger partial charge in [-0.25, -0.2) is 9.78 Å². The molecule has 30 heavy (non-hydrogen) atoms. The van der Waals surface area contributed by atoms with Crippen molar-refractivity contribution in [2.75, 3.05) is 0 Å². The Kier molecular flexibility index (Phi) is 6.07. The maximum Gasteiger partial charge on any atom is 0.354 e. The molecule has 1 aromatic heterocycles. The molecule has 0 saturated heterocycles. The van der Waals surface area contributed by atoms with E-state index >= 15 is 0 Å². The highest BCUT2D eigenvalue weighted by molar-refractivity contribution is 6.35. The fourth-order valence-corrected chi connectivity index (χ4v) is 4.14. The molecule has 1 aliphatic carbocycles. The Morgan fingerprint density at radius 1 is 1.00 bits per heavy atom. The summed E-state index contributed by atoms with van der Waals surface area (Å²) in [4.78, 5) is 15.7. The minimum absolute atomic E-state index is 0.0492. The summed E-state index contributed by atoms with van der Waals surface area (Å²) in [5, 5.41) is 10.4. The van der Waals surface area contributed by atoms with E-state index in [-0.39, 0.29) is 5.69 Å². The Labute approximate surface area is 184 Å². The number of nitrogens with zero attached hydrogens (tertiary/aromatic N) is 1. The van der Waals surface area contributed by atoms with Gasteiger partial charge >= 0.3 is 5.97 Å². The Balaban J connectivity index is 1.67. The van der Waals surface area contributed by atoms with E-state index < -0.39 is 5.97 Å². The number of hydrogen-bond acceptors (Lipinski definition) is 3. The Hall–Kier alpha value is -2.82. The molecule has 0 saturated carbocycles. The fraction of sp³-hybridized carbons (Fsp3) is 0.167. The van der Waals surface area contributed by atoms with Crippen LogP contribution in [0.15, 0.2) is 60.7 Å². The Morgan fingerprint density at radius 2 is 1.80 bits per heavy atom. The second kappa shape index (κ2) is 8.90. The predicted molar refractivity (Wildman–Crippen MR) is 119 cm³/mol. The summed E-state index contributed by atoms with van der Waals surface area (Å²) in [6.07, 6.45) is 2.72. The molecule has 152 valence electrons. The Bertz CT molecular complexity index is 1140. The van der Waals surface area contributed by atoms with Gasteiger partial charge in [0.25, 0.3) is 0 Å². The monoisotopic (exact) mass is 439 g/mol. The van der Waals surface area contributed by atoms with E-state index in [1.807, 2.05) is 36.4 Å². The first-order valence-corrected chi connectivity index (χ1v) is 10.4. The van der Waals surface area contributed by atoms with Gasteiger partial charge in [-0.3, -0.25) is 0 Å². The van der Waals surface area contributed by atoms with Gasteiger partial charge in [0, 0.05) is 21.2 Å². The van der Waals surface area contributed by atoms with E-state index in [0.717, 1.165) is 47.3 Å². The van der Waals surface area contributed by atoms with E-state index in [2.05, 4.69) is 4.98 Å². The van der Waals surface area contributed by atoms with Gasteiger partial charge in [0.15, 0.2) is 0 Å². The third-order valence-electron chi connectivity index (χ3n) is 5.11. The first-order valence-electron chi connectivity index (χ1n) is 9.62. The second-order valence-electron chi connectivity index (χ2n) is 7.04. The van der Waals surface area contributed by atoms with Crippen LogP contribution >= 0.6 is 23.2 Å². The third kappa shape index (κ3) is 4.35. The molecular weight excluding hydrogens is 421 g/mol. The highest BCUT2D eigenvalue weighted by Crippen LogP contribution is 2.42. The highest BCUT2D eigenvalue weighted by atomic mass is 35.5. The molecule has 0 bridgehead atoms. The van der Waals surface area contributed by atoms with Crippen molar-refractivity contribution in [2.24, 2.45) is 0 Å². The fourth-order valence-electron chi connectivity index (χ4n) is 3.68. The summed E-state index contributed by atoms with van der Waals surface area (Å²) in [5.74, 6) is -0.270. The van der Waals surface area contributed by atoms with Crippen molar-refractivity contribution in [2.45, 2.75) is 25.9 Å². The summed E-state index contributed by atoms with van der Waals surface area (Å²) < 4.78 is 6.13. The number of carboxylic acid groups (broad SMARTS) is 1. The molecule has 2 aromatic carbocycles. The van der Waals surface area contributed by atoms with Crippen LogP contribution in [0.4, 0.5) is 0 Å². The van der Waals surface area contributed by atoms with Crippen LogP contribution in [0.2, 0.25) is 10.0 Å². The molecule has 3 aromatic rings. The molecule has 4 rings (SSSR count). The van der Waals surface area contributed by atoms with Crippen LogP contribution in [0.1, 0.15) is 46.6 Å². The summed E-state index contributed by atoms with van der Waals surface area (Å²) in [6, 6.07) is 18.3. The molecule has 0 unspecified atom stereocenters. The summed E-state index contributed by atoms with van der Waals surface area (Å²) in [7, 11) is 0. The number of pyridine rings is 1. The number of hydrogen-bond donors (Lipinski definition) is 1. The number of aromatic carboxylic acids is 1. The number of rotatable bonds is 6. The zero-order valence-corrected chi connectivity index (χ0v) is 17.6. The molecule has 0 spiro atoms. The van der Waals surface area contributed by atoms with Crippen LogP contribution in [0.3, 0.4) is 0 Å². The van der Waals surface area contributed by atoms with Crippen molar-refractivity contribution in [3.05, 3.63) is 93.2 Å². The number of aromatic nitrogens is 1. The third-order valence-corrected chi connectivity index (χ3v) is 5.69. The minimum Gasteiger partial charge on any atom is -0.488 e. The molecule has 0 atom stereocenters.